The van der Waals surface area contributed by atoms with Gasteiger partial charge in [0, 0.05) is 23.4 Å². The van der Waals surface area contributed by atoms with Crippen LogP contribution in [-0.4, -0.2) is 30.7 Å². The van der Waals surface area contributed by atoms with Crippen molar-refractivity contribution in [2.75, 3.05) is 24.1 Å². The molecule has 1 saturated heterocycles. The van der Waals surface area contributed by atoms with E-state index in [1.807, 2.05) is 0 Å². The van der Waals surface area contributed by atoms with Crippen molar-refractivity contribution in [1.29, 1.82) is 0 Å². The molecule has 0 saturated carbocycles. The second kappa shape index (κ2) is 6.82. The molecule has 0 aromatic heterocycles. The number of methoxy groups -OCH3 is 1. The van der Waals surface area contributed by atoms with Crippen LogP contribution in [0.15, 0.2) is 18.2 Å². The van der Waals surface area contributed by atoms with Crippen molar-refractivity contribution in [2.45, 2.75) is 6.04 Å². The predicted molar refractivity (Wildman–Crippen MR) is 73.1 cm³/mol. The first-order valence-electron chi connectivity index (χ1n) is 5.16. The number of thioether (sulfide) groups is 1. The molecule has 2 rings (SSSR count). The third kappa shape index (κ3) is 3.51. The molecule has 4 nitrogen and oxygen atoms in total. The molecule has 1 fully saturated rings. The van der Waals surface area contributed by atoms with Crippen molar-refractivity contribution in [3.05, 3.63) is 24.0 Å². The first-order valence-corrected chi connectivity index (χ1v) is 6.31. The van der Waals surface area contributed by atoms with E-state index >= 15 is 0 Å². The third-order valence-corrected chi connectivity index (χ3v) is 3.39. The lowest BCUT2D eigenvalue weighted by Crippen LogP contribution is -2.37. The number of halogens is 2. The van der Waals surface area contributed by atoms with Crippen LogP contribution in [-0.2, 0) is 4.79 Å². The second-order valence-corrected chi connectivity index (χ2v) is 4.64. The highest BCUT2D eigenvalue weighted by Crippen LogP contribution is 2.22. The van der Waals surface area contributed by atoms with Gasteiger partial charge >= 0.3 is 0 Å². The maximum absolute atomic E-state index is 13.2. The van der Waals surface area contributed by atoms with Crippen LogP contribution in [0, 0.1) is 5.82 Å². The Balaban J connectivity index is 0.00000162. The van der Waals surface area contributed by atoms with Crippen molar-refractivity contribution >= 4 is 35.8 Å². The van der Waals surface area contributed by atoms with Gasteiger partial charge in [0.15, 0.2) is 11.6 Å². The molecule has 1 aliphatic rings. The molecular formula is C11H14ClFN2O2S. The molecule has 0 spiro atoms. The molecule has 0 aliphatic carbocycles. The highest BCUT2D eigenvalue weighted by Gasteiger charge is 2.22. The van der Waals surface area contributed by atoms with E-state index in [-0.39, 0.29) is 30.1 Å². The molecule has 1 amide bonds. The van der Waals surface area contributed by atoms with Gasteiger partial charge < -0.3 is 10.1 Å². The fraction of sp³-hybridized carbons (Fsp3) is 0.364. The normalized spacial score (nSPS) is 18.0. The van der Waals surface area contributed by atoms with E-state index in [2.05, 4.69) is 10.6 Å². The van der Waals surface area contributed by atoms with E-state index < -0.39 is 5.82 Å². The van der Waals surface area contributed by atoms with Crippen LogP contribution in [0.25, 0.3) is 0 Å². The fourth-order valence-electron chi connectivity index (χ4n) is 1.53. The van der Waals surface area contributed by atoms with E-state index in [4.69, 9.17) is 4.74 Å². The Morgan fingerprint density at radius 3 is 3.00 bits per heavy atom. The van der Waals surface area contributed by atoms with Crippen molar-refractivity contribution in [3.63, 3.8) is 0 Å². The van der Waals surface area contributed by atoms with Crippen LogP contribution in [0.3, 0.4) is 0 Å². The fourth-order valence-corrected chi connectivity index (χ4v) is 2.47. The third-order valence-electron chi connectivity index (χ3n) is 2.45. The Bertz CT molecular complexity index is 428. The van der Waals surface area contributed by atoms with Crippen molar-refractivity contribution in [2.24, 2.45) is 0 Å². The summed E-state index contributed by atoms with van der Waals surface area (Å²) in [6.45, 7) is 0. The topological polar surface area (TPSA) is 50.4 Å². The van der Waals surface area contributed by atoms with E-state index in [9.17, 15) is 9.18 Å². The minimum atomic E-state index is -0.444. The summed E-state index contributed by atoms with van der Waals surface area (Å²) in [5, 5.41) is 5.79. The number of amides is 1. The standard InChI is InChI=1S/C11H13FN2O2S.ClH/c1-16-10-4-7(2-3-8(10)12)14-11(15)9-5-17-6-13-9;/h2-4,9,13H,5-6H2,1H3,(H,14,15);1H. The van der Waals surface area contributed by atoms with E-state index in [1.54, 1.807) is 11.8 Å². The van der Waals surface area contributed by atoms with Crippen LogP contribution in [0.1, 0.15) is 0 Å². The number of carbonyl (C=O) groups excluding carboxylic acids is 1. The molecule has 0 radical (unpaired) electrons. The molecule has 0 bridgehead atoms. The van der Waals surface area contributed by atoms with Crippen molar-refractivity contribution < 1.29 is 13.9 Å². The SMILES string of the molecule is COc1cc(NC(=O)C2CSCN2)ccc1F.Cl. The van der Waals surface area contributed by atoms with Gasteiger partial charge in [-0.1, -0.05) is 0 Å². The Kier molecular flexibility index (Phi) is 5.71. The predicted octanol–water partition coefficient (Wildman–Crippen LogP) is 1.86. The van der Waals surface area contributed by atoms with Crippen LogP contribution < -0.4 is 15.4 Å². The zero-order valence-electron chi connectivity index (χ0n) is 9.73. The van der Waals surface area contributed by atoms with Crippen LogP contribution in [0.4, 0.5) is 10.1 Å². The molecule has 18 heavy (non-hydrogen) atoms. The number of rotatable bonds is 3. The van der Waals surface area contributed by atoms with Crippen LogP contribution in [0.5, 0.6) is 5.75 Å². The highest BCUT2D eigenvalue weighted by molar-refractivity contribution is 7.99. The minimum Gasteiger partial charge on any atom is -0.494 e. The largest absolute Gasteiger partial charge is 0.494 e. The smallest absolute Gasteiger partial charge is 0.242 e. The minimum absolute atomic E-state index is 0. The number of anilines is 1. The summed E-state index contributed by atoms with van der Waals surface area (Å²) in [7, 11) is 1.39. The summed E-state index contributed by atoms with van der Waals surface area (Å²) in [5.41, 5.74) is 0.534. The Morgan fingerprint density at radius 2 is 2.39 bits per heavy atom. The molecule has 1 unspecified atom stereocenters. The van der Waals surface area contributed by atoms with Gasteiger partial charge in [0.25, 0.3) is 0 Å². The van der Waals surface area contributed by atoms with Gasteiger partial charge in [0.05, 0.1) is 13.2 Å². The van der Waals surface area contributed by atoms with Gasteiger partial charge in [-0.2, -0.15) is 0 Å². The van der Waals surface area contributed by atoms with Gasteiger partial charge in [-0.15, -0.1) is 24.2 Å². The van der Waals surface area contributed by atoms with Crippen LogP contribution in [0.2, 0.25) is 0 Å². The van der Waals surface area contributed by atoms with E-state index in [0.29, 0.717) is 5.69 Å². The lowest BCUT2D eigenvalue weighted by atomic mass is 10.2. The molecule has 1 aromatic carbocycles. The molecule has 1 atom stereocenters. The van der Waals surface area contributed by atoms with Crippen molar-refractivity contribution in [1.82, 2.24) is 5.32 Å². The van der Waals surface area contributed by atoms with Gasteiger partial charge in [-0.25, -0.2) is 4.39 Å². The number of hydrogen-bond acceptors (Lipinski definition) is 4. The number of ether oxygens (including phenoxy) is 1. The maximum Gasteiger partial charge on any atom is 0.242 e. The van der Waals surface area contributed by atoms with Gasteiger partial charge in [0.2, 0.25) is 5.91 Å². The molecule has 2 N–H and O–H groups in total. The molecule has 7 heteroatoms. The highest BCUT2D eigenvalue weighted by atomic mass is 35.5. The quantitative estimate of drug-likeness (QED) is 0.893. The summed E-state index contributed by atoms with van der Waals surface area (Å²) in [6, 6.07) is 4.06. The number of benzene rings is 1. The van der Waals surface area contributed by atoms with Gasteiger partial charge in [-0.3, -0.25) is 10.1 Å². The summed E-state index contributed by atoms with van der Waals surface area (Å²) in [5.74, 6) is 1.11. The summed E-state index contributed by atoms with van der Waals surface area (Å²) < 4.78 is 18.0. The monoisotopic (exact) mass is 292 g/mol. The Morgan fingerprint density at radius 1 is 1.61 bits per heavy atom. The zero-order chi connectivity index (χ0) is 12.3. The summed E-state index contributed by atoms with van der Waals surface area (Å²) in [4.78, 5) is 11.8. The Hall–Kier alpha value is -0.980. The lowest BCUT2D eigenvalue weighted by Gasteiger charge is -2.11. The molecule has 1 heterocycles. The van der Waals surface area contributed by atoms with Crippen molar-refractivity contribution in [3.8, 4) is 5.75 Å². The summed E-state index contributed by atoms with van der Waals surface area (Å²) >= 11 is 1.67. The average Bonchev–Trinajstić information content (AvgIpc) is 2.85. The number of hydrogen-bond donors (Lipinski definition) is 2. The zero-order valence-corrected chi connectivity index (χ0v) is 11.4. The van der Waals surface area contributed by atoms with E-state index in [0.717, 1.165) is 11.6 Å². The Labute approximate surface area is 115 Å². The average molecular weight is 293 g/mol. The first-order chi connectivity index (χ1) is 8.20. The van der Waals surface area contributed by atoms with Gasteiger partial charge in [0.1, 0.15) is 0 Å². The van der Waals surface area contributed by atoms with Gasteiger partial charge in [-0.05, 0) is 12.1 Å². The molecule has 1 aliphatic heterocycles. The maximum atomic E-state index is 13.2. The number of nitrogens with one attached hydrogen (secondary N) is 2. The summed E-state index contributed by atoms with van der Waals surface area (Å²) in [6.07, 6.45) is 0. The van der Waals surface area contributed by atoms with Crippen LogP contribution >= 0.6 is 24.2 Å². The second-order valence-electron chi connectivity index (χ2n) is 3.61. The van der Waals surface area contributed by atoms with E-state index in [1.165, 1.54) is 25.3 Å². The number of carbonyl (C=O) groups is 1. The molecular weight excluding hydrogens is 279 g/mol. The lowest BCUT2D eigenvalue weighted by molar-refractivity contribution is -0.117. The first kappa shape index (κ1) is 15.1. The molecule has 100 valence electrons. The molecule has 1 aromatic rings.